The van der Waals surface area contributed by atoms with E-state index in [9.17, 15) is 10.5 Å². The molecule has 0 spiro atoms. The third kappa shape index (κ3) is 2.61. The van der Waals surface area contributed by atoms with Crippen LogP contribution in [0.5, 0.6) is 5.75 Å². The van der Waals surface area contributed by atoms with Crippen LogP contribution in [0.2, 0.25) is 10.0 Å². The van der Waals surface area contributed by atoms with E-state index in [2.05, 4.69) is 12.1 Å². The Kier molecular flexibility index (Phi) is 4.41. The van der Waals surface area contributed by atoms with E-state index in [1.807, 2.05) is 30.3 Å². The minimum Gasteiger partial charge on any atom is -0.497 e. The van der Waals surface area contributed by atoms with Gasteiger partial charge in [-0.05, 0) is 47.4 Å². The summed E-state index contributed by atoms with van der Waals surface area (Å²) in [6, 6.07) is 15.8. The monoisotopic (exact) mass is 356 g/mol. The van der Waals surface area contributed by atoms with Crippen LogP contribution in [0.25, 0.3) is 0 Å². The second-order valence-corrected chi connectivity index (χ2v) is 6.73. The summed E-state index contributed by atoms with van der Waals surface area (Å²) in [5.74, 6) is 0.676. The highest BCUT2D eigenvalue weighted by atomic mass is 35.5. The molecule has 24 heavy (non-hydrogen) atoms. The van der Waals surface area contributed by atoms with E-state index in [1.54, 1.807) is 13.2 Å². The molecule has 0 radical (unpaired) electrons. The van der Waals surface area contributed by atoms with Crippen LogP contribution < -0.4 is 4.74 Å². The Balaban J connectivity index is 2.17. The molecule has 1 aliphatic rings. The molecule has 3 nitrogen and oxygen atoms in total. The molecule has 0 fully saturated rings. The zero-order valence-corrected chi connectivity index (χ0v) is 14.5. The molecule has 0 saturated carbocycles. The predicted octanol–water partition coefficient (Wildman–Crippen LogP) is 5.21. The van der Waals surface area contributed by atoms with Gasteiger partial charge in [0, 0.05) is 5.92 Å². The van der Waals surface area contributed by atoms with Gasteiger partial charge in [-0.15, -0.1) is 0 Å². The van der Waals surface area contributed by atoms with Crippen LogP contribution in [-0.2, 0) is 5.41 Å². The Labute approximate surface area is 151 Å². The summed E-state index contributed by atoms with van der Waals surface area (Å²) < 4.78 is 5.30. The first-order chi connectivity index (χ1) is 11.5. The number of benzene rings is 2. The fourth-order valence-corrected chi connectivity index (χ4v) is 3.73. The number of nitriles is 2. The number of fused-ring (bicyclic) bond motifs is 1. The fraction of sp³-hybridized carbons (Fsp3) is 0.263. The average Bonchev–Trinajstić information content (AvgIpc) is 2.92. The van der Waals surface area contributed by atoms with E-state index in [4.69, 9.17) is 27.9 Å². The lowest BCUT2D eigenvalue weighted by molar-refractivity contribution is 0.413. The van der Waals surface area contributed by atoms with Crippen LogP contribution in [-0.4, -0.2) is 7.11 Å². The van der Waals surface area contributed by atoms with Crippen LogP contribution in [0.4, 0.5) is 0 Å². The second kappa shape index (κ2) is 6.36. The SMILES string of the molecule is COc1ccc2c(c1)C(C#N)(CC#N)CC2c1ccc(Cl)c(Cl)c1. The molecule has 0 aromatic heterocycles. The summed E-state index contributed by atoms with van der Waals surface area (Å²) in [4.78, 5) is 0. The molecule has 2 atom stereocenters. The first kappa shape index (κ1) is 16.7. The fourth-order valence-electron chi connectivity index (χ4n) is 3.42. The number of halogens is 2. The molecular formula is C19H14Cl2N2O. The number of hydrogen-bond donors (Lipinski definition) is 0. The van der Waals surface area contributed by atoms with Gasteiger partial charge in [-0.1, -0.05) is 35.3 Å². The van der Waals surface area contributed by atoms with Gasteiger partial charge in [0.2, 0.25) is 0 Å². The Morgan fingerprint density at radius 1 is 1.17 bits per heavy atom. The summed E-state index contributed by atoms with van der Waals surface area (Å²) in [5.41, 5.74) is 2.05. The van der Waals surface area contributed by atoms with E-state index >= 15 is 0 Å². The normalized spacial score (nSPS) is 21.6. The number of methoxy groups -OCH3 is 1. The minimum absolute atomic E-state index is 0.00586. The summed E-state index contributed by atoms with van der Waals surface area (Å²) in [7, 11) is 1.59. The highest BCUT2D eigenvalue weighted by Crippen LogP contribution is 2.51. The maximum atomic E-state index is 9.83. The van der Waals surface area contributed by atoms with Gasteiger partial charge in [0.1, 0.15) is 5.75 Å². The molecule has 0 heterocycles. The molecule has 0 saturated heterocycles. The van der Waals surface area contributed by atoms with Crippen molar-refractivity contribution in [2.75, 3.05) is 7.11 Å². The molecule has 1 aliphatic carbocycles. The molecule has 2 unspecified atom stereocenters. The summed E-state index contributed by atoms with van der Waals surface area (Å²) in [5, 5.41) is 20.1. The Hall–Kier alpha value is -2.20. The van der Waals surface area contributed by atoms with Crippen LogP contribution in [0, 0.1) is 22.7 Å². The molecule has 2 aromatic rings. The molecule has 0 aliphatic heterocycles. The molecular weight excluding hydrogens is 343 g/mol. The first-order valence-electron chi connectivity index (χ1n) is 7.46. The van der Waals surface area contributed by atoms with Crippen molar-refractivity contribution in [1.29, 1.82) is 10.5 Å². The van der Waals surface area contributed by atoms with Crippen molar-refractivity contribution in [3.63, 3.8) is 0 Å². The van der Waals surface area contributed by atoms with Gasteiger partial charge >= 0.3 is 0 Å². The van der Waals surface area contributed by atoms with Crippen molar-refractivity contribution in [1.82, 2.24) is 0 Å². The second-order valence-electron chi connectivity index (χ2n) is 5.91. The maximum Gasteiger partial charge on any atom is 0.119 e. The van der Waals surface area contributed by atoms with Crippen LogP contribution in [0.15, 0.2) is 36.4 Å². The van der Waals surface area contributed by atoms with E-state index in [0.29, 0.717) is 22.2 Å². The summed E-state index contributed by atoms with van der Waals surface area (Å²) >= 11 is 12.2. The topological polar surface area (TPSA) is 56.8 Å². The minimum atomic E-state index is -0.838. The maximum absolute atomic E-state index is 9.83. The molecule has 5 heteroatoms. The standard InChI is InChI=1S/C19H14Cl2N2O/c1-24-13-3-4-14-15(12-2-5-17(20)18(21)8-12)10-19(11-23,6-7-22)16(14)9-13/h2-5,8-9,15H,6,10H2,1H3. The number of rotatable bonds is 3. The van der Waals surface area contributed by atoms with Crippen molar-refractivity contribution < 1.29 is 4.74 Å². The van der Waals surface area contributed by atoms with E-state index < -0.39 is 5.41 Å². The summed E-state index contributed by atoms with van der Waals surface area (Å²) in [6.07, 6.45) is 0.680. The predicted molar refractivity (Wildman–Crippen MR) is 93.4 cm³/mol. The lowest BCUT2D eigenvalue weighted by Crippen LogP contribution is -2.20. The Morgan fingerprint density at radius 3 is 2.58 bits per heavy atom. The average molecular weight is 357 g/mol. The van der Waals surface area contributed by atoms with Gasteiger partial charge in [0.25, 0.3) is 0 Å². The number of hydrogen-bond acceptors (Lipinski definition) is 3. The molecule has 0 N–H and O–H groups in total. The zero-order valence-electron chi connectivity index (χ0n) is 13.0. The number of nitrogens with zero attached hydrogens (tertiary/aromatic N) is 2. The van der Waals surface area contributed by atoms with Crippen molar-refractivity contribution in [3.05, 3.63) is 63.1 Å². The zero-order chi connectivity index (χ0) is 17.3. The molecule has 0 bridgehead atoms. The van der Waals surface area contributed by atoms with Crippen molar-refractivity contribution in [3.8, 4) is 17.9 Å². The van der Waals surface area contributed by atoms with Crippen molar-refractivity contribution >= 4 is 23.2 Å². The van der Waals surface area contributed by atoms with E-state index in [1.165, 1.54) is 0 Å². The lowest BCUT2D eigenvalue weighted by Gasteiger charge is -2.19. The van der Waals surface area contributed by atoms with Crippen molar-refractivity contribution in [2.45, 2.75) is 24.2 Å². The Morgan fingerprint density at radius 2 is 1.96 bits per heavy atom. The highest BCUT2D eigenvalue weighted by molar-refractivity contribution is 6.42. The van der Waals surface area contributed by atoms with Gasteiger partial charge < -0.3 is 4.74 Å². The molecule has 2 aromatic carbocycles. The van der Waals surface area contributed by atoms with Gasteiger partial charge in [0.05, 0.1) is 41.1 Å². The highest BCUT2D eigenvalue weighted by Gasteiger charge is 2.45. The largest absolute Gasteiger partial charge is 0.497 e. The van der Waals surface area contributed by atoms with Gasteiger partial charge in [-0.3, -0.25) is 0 Å². The van der Waals surface area contributed by atoms with Crippen LogP contribution in [0.1, 0.15) is 35.4 Å². The van der Waals surface area contributed by atoms with Gasteiger partial charge in [-0.2, -0.15) is 10.5 Å². The van der Waals surface area contributed by atoms with Gasteiger partial charge in [-0.25, -0.2) is 0 Å². The van der Waals surface area contributed by atoms with E-state index in [0.717, 1.165) is 16.7 Å². The first-order valence-corrected chi connectivity index (χ1v) is 8.22. The lowest BCUT2D eigenvalue weighted by atomic mass is 9.79. The molecule has 120 valence electrons. The Bertz CT molecular complexity index is 882. The van der Waals surface area contributed by atoms with E-state index in [-0.39, 0.29) is 12.3 Å². The van der Waals surface area contributed by atoms with Crippen LogP contribution >= 0.6 is 23.2 Å². The summed E-state index contributed by atoms with van der Waals surface area (Å²) in [6.45, 7) is 0. The quantitative estimate of drug-likeness (QED) is 0.757. The molecule has 3 rings (SSSR count). The third-order valence-electron chi connectivity index (χ3n) is 4.64. The number of ether oxygens (including phenoxy) is 1. The van der Waals surface area contributed by atoms with Crippen LogP contribution in [0.3, 0.4) is 0 Å². The third-order valence-corrected chi connectivity index (χ3v) is 5.38. The smallest absolute Gasteiger partial charge is 0.119 e. The van der Waals surface area contributed by atoms with Gasteiger partial charge in [0.15, 0.2) is 0 Å². The van der Waals surface area contributed by atoms with Crippen molar-refractivity contribution in [2.24, 2.45) is 0 Å². The molecule has 0 amide bonds.